The summed E-state index contributed by atoms with van der Waals surface area (Å²) in [7, 11) is 0. The Bertz CT molecular complexity index is 812. The number of benzene rings is 2. The number of cyclic esters (lactones) is 1. The van der Waals surface area contributed by atoms with Gasteiger partial charge in [0, 0.05) is 13.2 Å². The van der Waals surface area contributed by atoms with E-state index in [0.29, 0.717) is 25.6 Å². The fourth-order valence-corrected chi connectivity index (χ4v) is 3.62. The minimum atomic E-state index is -0.685. The first kappa shape index (κ1) is 21.9. The standard InChI is InChI=1S/C17H22N2O4.C6H5F/c18-14(10-12-6-8-22-9-7-12)16(20)19-15(11-23-17(19)21)13-4-2-1-3-5-13;7-6-4-2-1-3-5-6/h1-5,12,14-15H,6-11,18H2;1-5H/t14?,15-;/m1./s1. The third-order valence-electron chi connectivity index (χ3n) is 5.27. The van der Waals surface area contributed by atoms with E-state index in [1.807, 2.05) is 30.3 Å². The molecule has 2 fully saturated rings. The van der Waals surface area contributed by atoms with Gasteiger partial charge in [-0.1, -0.05) is 48.5 Å². The maximum absolute atomic E-state index is 12.7. The summed E-state index contributed by atoms with van der Waals surface area (Å²) in [5, 5.41) is 0. The van der Waals surface area contributed by atoms with Gasteiger partial charge in [-0.05, 0) is 42.9 Å². The van der Waals surface area contributed by atoms with E-state index in [-0.39, 0.29) is 18.3 Å². The molecule has 2 aliphatic rings. The first-order valence-electron chi connectivity index (χ1n) is 10.1. The predicted molar refractivity (Wildman–Crippen MR) is 110 cm³/mol. The third-order valence-corrected chi connectivity index (χ3v) is 5.27. The molecule has 6 nitrogen and oxygen atoms in total. The van der Waals surface area contributed by atoms with Crippen LogP contribution in [0.1, 0.15) is 30.9 Å². The highest BCUT2D eigenvalue weighted by Crippen LogP contribution is 2.29. The van der Waals surface area contributed by atoms with Crippen LogP contribution in [0.2, 0.25) is 0 Å². The average Bonchev–Trinajstić information content (AvgIpc) is 3.17. The molecule has 4 rings (SSSR count). The molecule has 0 aromatic heterocycles. The first-order chi connectivity index (χ1) is 14.6. The molecule has 1 unspecified atom stereocenters. The minimum Gasteiger partial charge on any atom is -0.446 e. The van der Waals surface area contributed by atoms with Gasteiger partial charge >= 0.3 is 6.09 Å². The Morgan fingerprint density at radius 3 is 2.23 bits per heavy atom. The number of hydrogen-bond donors (Lipinski definition) is 1. The lowest BCUT2D eigenvalue weighted by atomic mass is 9.92. The molecule has 2 aromatic rings. The van der Waals surface area contributed by atoms with Gasteiger partial charge in [0.25, 0.3) is 0 Å². The Kier molecular flexibility index (Phi) is 7.93. The highest BCUT2D eigenvalue weighted by Gasteiger charge is 2.41. The van der Waals surface area contributed by atoms with Gasteiger partial charge in [0.15, 0.2) is 0 Å². The van der Waals surface area contributed by atoms with Crippen molar-refractivity contribution >= 4 is 12.0 Å². The number of nitrogens with two attached hydrogens (primary N) is 1. The van der Waals surface area contributed by atoms with E-state index < -0.39 is 18.2 Å². The normalized spacial score (nSPS) is 20.1. The van der Waals surface area contributed by atoms with Crippen molar-refractivity contribution in [2.24, 2.45) is 11.7 Å². The molecular formula is C23H27FN2O4. The molecule has 0 radical (unpaired) electrons. The number of rotatable bonds is 4. The number of amides is 2. The van der Waals surface area contributed by atoms with Gasteiger partial charge in [0.2, 0.25) is 5.91 Å². The highest BCUT2D eigenvalue weighted by molar-refractivity contribution is 5.96. The topological polar surface area (TPSA) is 81.9 Å². The van der Waals surface area contributed by atoms with Crippen LogP contribution in [0, 0.1) is 11.7 Å². The summed E-state index contributed by atoms with van der Waals surface area (Å²) in [5.41, 5.74) is 6.97. The van der Waals surface area contributed by atoms with E-state index in [1.54, 1.807) is 18.2 Å². The van der Waals surface area contributed by atoms with E-state index in [0.717, 1.165) is 18.4 Å². The van der Waals surface area contributed by atoms with Crippen molar-refractivity contribution < 1.29 is 23.5 Å². The molecule has 2 saturated heterocycles. The predicted octanol–water partition coefficient (Wildman–Crippen LogP) is 3.68. The summed E-state index contributed by atoms with van der Waals surface area (Å²) in [6.07, 6.45) is 1.79. The van der Waals surface area contributed by atoms with Crippen molar-refractivity contribution in [2.45, 2.75) is 31.3 Å². The molecule has 2 atom stereocenters. The number of ether oxygens (including phenoxy) is 2. The van der Waals surface area contributed by atoms with Crippen LogP contribution in [0.4, 0.5) is 9.18 Å². The average molecular weight is 414 g/mol. The molecular weight excluding hydrogens is 387 g/mol. The van der Waals surface area contributed by atoms with Crippen molar-refractivity contribution in [1.29, 1.82) is 0 Å². The van der Waals surface area contributed by atoms with E-state index in [1.165, 1.54) is 17.0 Å². The molecule has 2 heterocycles. The van der Waals surface area contributed by atoms with Gasteiger partial charge in [-0.25, -0.2) is 14.1 Å². The summed E-state index contributed by atoms with van der Waals surface area (Å²) in [6.45, 7) is 1.60. The second kappa shape index (κ2) is 10.8. The minimum absolute atomic E-state index is 0.178. The van der Waals surface area contributed by atoms with Gasteiger partial charge < -0.3 is 15.2 Å². The Morgan fingerprint density at radius 2 is 1.67 bits per heavy atom. The Hall–Kier alpha value is -2.77. The molecule has 7 heteroatoms. The van der Waals surface area contributed by atoms with Gasteiger partial charge in [-0.3, -0.25) is 4.79 Å². The summed E-state index contributed by atoms with van der Waals surface area (Å²) >= 11 is 0. The zero-order valence-electron chi connectivity index (χ0n) is 16.8. The molecule has 2 N–H and O–H groups in total. The third kappa shape index (κ3) is 5.87. The summed E-state index contributed by atoms with van der Waals surface area (Å²) in [5.74, 6) is -0.160. The second-order valence-corrected chi connectivity index (χ2v) is 7.41. The molecule has 0 bridgehead atoms. The lowest BCUT2D eigenvalue weighted by Gasteiger charge is -2.27. The van der Waals surface area contributed by atoms with Crippen LogP contribution in [0.5, 0.6) is 0 Å². The molecule has 160 valence electrons. The van der Waals surface area contributed by atoms with Crippen molar-refractivity contribution in [1.82, 2.24) is 4.90 Å². The lowest BCUT2D eigenvalue weighted by Crippen LogP contribution is -2.46. The van der Waals surface area contributed by atoms with Crippen molar-refractivity contribution in [2.75, 3.05) is 19.8 Å². The van der Waals surface area contributed by atoms with Crippen molar-refractivity contribution in [3.8, 4) is 0 Å². The Morgan fingerprint density at radius 1 is 1.07 bits per heavy atom. The van der Waals surface area contributed by atoms with Crippen LogP contribution >= 0.6 is 0 Å². The van der Waals surface area contributed by atoms with E-state index in [9.17, 15) is 14.0 Å². The number of carbonyl (C=O) groups excluding carboxylic acids is 2. The van der Waals surface area contributed by atoms with Crippen LogP contribution < -0.4 is 5.73 Å². The first-order valence-corrected chi connectivity index (χ1v) is 10.1. The number of nitrogens with zero attached hydrogens (tertiary/aromatic N) is 1. The maximum atomic E-state index is 12.7. The maximum Gasteiger partial charge on any atom is 0.417 e. The highest BCUT2D eigenvalue weighted by atomic mass is 19.1. The van der Waals surface area contributed by atoms with Gasteiger partial charge in [0.1, 0.15) is 18.5 Å². The van der Waals surface area contributed by atoms with Crippen molar-refractivity contribution in [3.05, 3.63) is 72.0 Å². The summed E-state index contributed by atoms with van der Waals surface area (Å²) < 4.78 is 22.3. The van der Waals surface area contributed by atoms with Crippen LogP contribution in [-0.2, 0) is 14.3 Å². The fraction of sp³-hybridized carbons (Fsp3) is 0.391. The molecule has 2 aliphatic heterocycles. The molecule has 0 saturated carbocycles. The van der Waals surface area contributed by atoms with Crippen LogP contribution in [-0.4, -0.2) is 42.8 Å². The van der Waals surface area contributed by atoms with Gasteiger partial charge in [-0.15, -0.1) is 0 Å². The molecule has 0 spiro atoms. The number of carbonyl (C=O) groups is 2. The van der Waals surface area contributed by atoms with Crippen LogP contribution in [0.15, 0.2) is 60.7 Å². The number of imide groups is 1. The van der Waals surface area contributed by atoms with Gasteiger partial charge in [0.05, 0.1) is 6.04 Å². The van der Waals surface area contributed by atoms with Crippen LogP contribution in [0.25, 0.3) is 0 Å². The Labute approximate surface area is 175 Å². The smallest absolute Gasteiger partial charge is 0.417 e. The quantitative estimate of drug-likeness (QED) is 0.825. The summed E-state index contributed by atoms with van der Waals surface area (Å²) in [6, 6.07) is 16.3. The monoisotopic (exact) mass is 414 g/mol. The van der Waals surface area contributed by atoms with E-state index in [2.05, 4.69) is 0 Å². The zero-order chi connectivity index (χ0) is 21.3. The largest absolute Gasteiger partial charge is 0.446 e. The Balaban J connectivity index is 0.000000310. The summed E-state index contributed by atoms with van der Waals surface area (Å²) in [4.78, 5) is 25.9. The zero-order valence-corrected chi connectivity index (χ0v) is 16.8. The number of halogens is 1. The molecule has 30 heavy (non-hydrogen) atoms. The molecule has 0 aliphatic carbocycles. The lowest BCUT2D eigenvalue weighted by molar-refractivity contribution is -0.131. The van der Waals surface area contributed by atoms with Crippen LogP contribution in [0.3, 0.4) is 0 Å². The van der Waals surface area contributed by atoms with E-state index in [4.69, 9.17) is 15.2 Å². The van der Waals surface area contributed by atoms with E-state index >= 15 is 0 Å². The molecule has 2 amide bonds. The van der Waals surface area contributed by atoms with Gasteiger partial charge in [-0.2, -0.15) is 0 Å². The number of hydrogen-bond acceptors (Lipinski definition) is 5. The molecule has 2 aromatic carbocycles. The second-order valence-electron chi connectivity index (χ2n) is 7.41. The van der Waals surface area contributed by atoms with Crippen molar-refractivity contribution in [3.63, 3.8) is 0 Å². The fourth-order valence-electron chi connectivity index (χ4n) is 3.62. The SMILES string of the molecule is Fc1ccccc1.NC(CC1CCOCC1)C(=O)N1C(=O)OC[C@@H]1c1ccccc1.